The fourth-order valence-corrected chi connectivity index (χ4v) is 2.57. The number of nitrogens with one attached hydrogen (secondary N) is 1. The van der Waals surface area contributed by atoms with E-state index >= 15 is 0 Å². The molecule has 0 radical (unpaired) electrons. The largest absolute Gasteiger partial charge is 0.391 e. The summed E-state index contributed by atoms with van der Waals surface area (Å²) in [6, 6.07) is 0. The highest BCUT2D eigenvalue weighted by Gasteiger charge is 2.48. The van der Waals surface area contributed by atoms with Gasteiger partial charge in [-0.05, 0) is 27.7 Å². The lowest BCUT2D eigenvalue weighted by Crippen LogP contribution is -2.71. The Morgan fingerprint density at radius 3 is 1.68 bits per heavy atom. The Morgan fingerprint density at radius 1 is 1.00 bits per heavy atom. The molecular weight excluding hydrogens is 250 g/mol. The van der Waals surface area contributed by atoms with E-state index in [2.05, 4.69) is 5.32 Å². The van der Waals surface area contributed by atoms with Crippen LogP contribution in [0.4, 0.5) is 0 Å². The van der Waals surface area contributed by atoms with Gasteiger partial charge >= 0.3 is 0 Å². The predicted octanol–water partition coefficient (Wildman–Crippen LogP) is -1.99. The molecule has 7 N–H and O–H groups in total. The van der Waals surface area contributed by atoms with Crippen LogP contribution in [-0.4, -0.2) is 75.2 Å². The van der Waals surface area contributed by atoms with Crippen LogP contribution in [0.5, 0.6) is 0 Å². The molecular formula is C12H29N3O4. The Balaban J connectivity index is 5.41. The first-order valence-electron chi connectivity index (χ1n) is 6.63. The molecule has 4 atom stereocenters. The Bertz CT molecular complexity index is 231. The van der Waals surface area contributed by atoms with Crippen LogP contribution in [-0.2, 0) is 0 Å². The number of hydrogen-bond acceptors (Lipinski definition) is 7. The van der Waals surface area contributed by atoms with Gasteiger partial charge in [0.1, 0.15) is 12.5 Å². The van der Waals surface area contributed by atoms with Crippen LogP contribution in [0.2, 0.25) is 0 Å². The average Bonchev–Trinajstić information content (AvgIpc) is 2.25. The molecule has 0 amide bonds. The minimum atomic E-state index is -1.21. The highest BCUT2D eigenvalue weighted by Crippen LogP contribution is 2.28. The van der Waals surface area contributed by atoms with Gasteiger partial charge in [-0.2, -0.15) is 0 Å². The van der Waals surface area contributed by atoms with Crippen LogP contribution in [0.15, 0.2) is 0 Å². The van der Waals surface area contributed by atoms with Crippen LogP contribution in [0.3, 0.4) is 0 Å². The topological polar surface area (TPSA) is 122 Å². The van der Waals surface area contributed by atoms with E-state index in [9.17, 15) is 20.4 Å². The van der Waals surface area contributed by atoms with Crippen LogP contribution in [0.1, 0.15) is 27.7 Å². The molecule has 0 saturated heterocycles. The third kappa shape index (κ3) is 4.35. The molecule has 0 aliphatic rings. The quantitative estimate of drug-likeness (QED) is 0.213. The SMILES string of the molecule is CC(O)N(C(C)O)C(CNCCN)(C(C)O)C(C)O. The van der Waals surface area contributed by atoms with Gasteiger partial charge in [0, 0.05) is 19.6 Å². The maximum absolute atomic E-state index is 10.1. The van der Waals surface area contributed by atoms with Crippen molar-refractivity contribution in [2.24, 2.45) is 5.73 Å². The Kier molecular flexibility index (Phi) is 7.99. The van der Waals surface area contributed by atoms with Crippen LogP contribution >= 0.6 is 0 Å². The van der Waals surface area contributed by atoms with E-state index in [1.165, 1.54) is 32.6 Å². The third-order valence-corrected chi connectivity index (χ3v) is 3.46. The second kappa shape index (κ2) is 8.11. The minimum Gasteiger partial charge on any atom is -0.391 e. The van der Waals surface area contributed by atoms with Crippen molar-refractivity contribution in [1.82, 2.24) is 10.2 Å². The zero-order valence-corrected chi connectivity index (χ0v) is 12.2. The van der Waals surface area contributed by atoms with Crippen molar-refractivity contribution >= 4 is 0 Å². The van der Waals surface area contributed by atoms with Crippen molar-refractivity contribution in [2.75, 3.05) is 19.6 Å². The van der Waals surface area contributed by atoms with Crippen molar-refractivity contribution in [3.8, 4) is 0 Å². The maximum atomic E-state index is 10.1. The van der Waals surface area contributed by atoms with E-state index in [0.717, 1.165) is 0 Å². The fraction of sp³-hybridized carbons (Fsp3) is 1.00. The summed E-state index contributed by atoms with van der Waals surface area (Å²) in [4.78, 5) is 1.30. The molecule has 116 valence electrons. The lowest BCUT2D eigenvalue weighted by Gasteiger charge is -2.50. The smallest absolute Gasteiger partial charge is 0.107 e. The molecule has 0 aliphatic heterocycles. The molecule has 0 aromatic rings. The van der Waals surface area contributed by atoms with Crippen molar-refractivity contribution in [3.63, 3.8) is 0 Å². The highest BCUT2D eigenvalue weighted by atomic mass is 16.3. The number of aliphatic hydroxyl groups excluding tert-OH is 4. The number of nitrogens with two attached hydrogens (primary N) is 1. The summed E-state index contributed by atoms with van der Waals surface area (Å²) in [7, 11) is 0. The monoisotopic (exact) mass is 279 g/mol. The van der Waals surface area contributed by atoms with Crippen LogP contribution < -0.4 is 11.1 Å². The van der Waals surface area contributed by atoms with E-state index in [-0.39, 0.29) is 6.54 Å². The number of nitrogens with zero attached hydrogens (tertiary/aromatic N) is 1. The standard InChI is InChI=1S/C12H29N3O4/c1-8(16)12(9(2)17,7-14-6-5-13)15(10(3)18)11(4)19/h8-11,14,16-19H,5-7,13H2,1-4H3. The second-order valence-corrected chi connectivity index (χ2v) is 4.98. The Labute approximate surface area is 115 Å². The zero-order chi connectivity index (χ0) is 15.2. The summed E-state index contributed by atoms with van der Waals surface area (Å²) in [6.45, 7) is 7.12. The van der Waals surface area contributed by atoms with E-state index in [0.29, 0.717) is 13.1 Å². The van der Waals surface area contributed by atoms with Gasteiger partial charge in [0.25, 0.3) is 0 Å². The Hall–Kier alpha value is -0.280. The second-order valence-electron chi connectivity index (χ2n) is 4.98. The third-order valence-electron chi connectivity index (χ3n) is 3.46. The molecule has 0 aliphatic carbocycles. The van der Waals surface area contributed by atoms with Gasteiger partial charge in [-0.1, -0.05) is 0 Å². The van der Waals surface area contributed by atoms with Gasteiger partial charge in [0.2, 0.25) is 0 Å². The van der Waals surface area contributed by atoms with Gasteiger partial charge in [0.15, 0.2) is 0 Å². The molecule has 0 fully saturated rings. The molecule has 0 rings (SSSR count). The van der Waals surface area contributed by atoms with Crippen LogP contribution in [0, 0.1) is 0 Å². The first-order valence-corrected chi connectivity index (χ1v) is 6.63. The molecule has 7 nitrogen and oxygen atoms in total. The van der Waals surface area contributed by atoms with Crippen molar-refractivity contribution in [3.05, 3.63) is 0 Å². The zero-order valence-electron chi connectivity index (χ0n) is 12.2. The normalized spacial score (nSPS) is 21.8. The first-order chi connectivity index (χ1) is 8.71. The van der Waals surface area contributed by atoms with E-state index in [4.69, 9.17) is 5.73 Å². The molecule has 19 heavy (non-hydrogen) atoms. The highest BCUT2D eigenvalue weighted by molar-refractivity contribution is 5.02. The van der Waals surface area contributed by atoms with Gasteiger partial charge in [-0.15, -0.1) is 0 Å². The van der Waals surface area contributed by atoms with Crippen LogP contribution in [0.25, 0.3) is 0 Å². The molecule has 0 heterocycles. The summed E-state index contributed by atoms with van der Waals surface area (Å²) in [5.74, 6) is 0. The summed E-state index contributed by atoms with van der Waals surface area (Å²) >= 11 is 0. The van der Waals surface area contributed by atoms with E-state index in [1.807, 2.05) is 0 Å². The Morgan fingerprint density at radius 2 is 1.42 bits per heavy atom. The van der Waals surface area contributed by atoms with E-state index < -0.39 is 30.2 Å². The molecule has 0 bridgehead atoms. The fourth-order valence-electron chi connectivity index (χ4n) is 2.57. The number of hydrogen-bond donors (Lipinski definition) is 6. The molecule has 4 unspecified atom stereocenters. The summed E-state index contributed by atoms with van der Waals surface area (Å²) in [5.41, 5.74) is 4.20. The molecule has 0 saturated carbocycles. The predicted molar refractivity (Wildman–Crippen MR) is 73.2 cm³/mol. The van der Waals surface area contributed by atoms with Crippen molar-refractivity contribution in [1.29, 1.82) is 0 Å². The first kappa shape index (κ1) is 18.7. The molecule has 0 aromatic heterocycles. The van der Waals surface area contributed by atoms with Gasteiger partial charge in [-0.25, -0.2) is 4.90 Å². The van der Waals surface area contributed by atoms with Crippen molar-refractivity contribution < 1.29 is 20.4 Å². The van der Waals surface area contributed by atoms with Gasteiger partial charge < -0.3 is 31.5 Å². The maximum Gasteiger partial charge on any atom is 0.107 e. The lowest BCUT2D eigenvalue weighted by atomic mass is 9.84. The molecule has 0 aromatic carbocycles. The lowest BCUT2D eigenvalue weighted by molar-refractivity contribution is -0.203. The van der Waals surface area contributed by atoms with Gasteiger partial charge in [-0.3, -0.25) is 0 Å². The summed E-state index contributed by atoms with van der Waals surface area (Å²) < 4.78 is 0. The van der Waals surface area contributed by atoms with E-state index in [1.54, 1.807) is 0 Å². The average molecular weight is 279 g/mol. The van der Waals surface area contributed by atoms with Gasteiger partial charge in [0.05, 0.1) is 17.7 Å². The molecule has 0 spiro atoms. The summed E-state index contributed by atoms with van der Waals surface area (Å²) in [5, 5.41) is 43.0. The summed E-state index contributed by atoms with van der Waals surface area (Å²) in [6.07, 6.45) is -3.99. The number of rotatable bonds is 9. The minimum absolute atomic E-state index is 0.190. The molecule has 7 heteroatoms. The van der Waals surface area contributed by atoms with Crippen molar-refractivity contribution in [2.45, 2.75) is 57.9 Å². The number of aliphatic hydroxyl groups is 4.